The topological polar surface area (TPSA) is 44.4 Å². The largest absolute Gasteiger partial charge is 0.352 e. The number of rotatable bonds is 8. The fourth-order valence-electron chi connectivity index (χ4n) is 2.89. The first-order valence-corrected chi connectivity index (χ1v) is 8.48. The van der Waals surface area contributed by atoms with Crippen LogP contribution >= 0.6 is 0 Å². The van der Waals surface area contributed by atoms with Gasteiger partial charge in [-0.05, 0) is 49.6 Å². The number of amides is 1. The smallest absolute Gasteiger partial charge is 0.220 e. The lowest BCUT2D eigenvalue weighted by Crippen LogP contribution is -2.26. The summed E-state index contributed by atoms with van der Waals surface area (Å²) in [5, 5.41) is 6.33. The van der Waals surface area contributed by atoms with Crippen molar-refractivity contribution in [2.75, 3.05) is 26.2 Å². The van der Waals surface area contributed by atoms with Crippen LogP contribution in [-0.4, -0.2) is 37.0 Å². The van der Waals surface area contributed by atoms with Gasteiger partial charge in [-0.1, -0.05) is 38.1 Å². The Morgan fingerprint density at radius 2 is 1.91 bits per heavy atom. The molecule has 0 spiro atoms. The highest BCUT2D eigenvalue weighted by Gasteiger charge is 2.17. The van der Waals surface area contributed by atoms with E-state index in [-0.39, 0.29) is 5.91 Å². The third kappa shape index (κ3) is 5.43. The molecule has 1 aliphatic heterocycles. The standard InChI is InChI=1S/C18H29N3O/c1-3-21(4-2)14-16-7-5-15(6-8-16)13-20-18(22)11-17-9-10-19-12-17/h5-8,17,19H,3-4,9-14H2,1-2H3,(H,20,22). The van der Waals surface area contributed by atoms with Crippen LogP contribution < -0.4 is 10.6 Å². The van der Waals surface area contributed by atoms with Crippen LogP contribution in [0.1, 0.15) is 37.8 Å². The summed E-state index contributed by atoms with van der Waals surface area (Å²) >= 11 is 0. The van der Waals surface area contributed by atoms with Gasteiger partial charge in [0.2, 0.25) is 5.91 Å². The molecule has 22 heavy (non-hydrogen) atoms. The minimum absolute atomic E-state index is 0.168. The van der Waals surface area contributed by atoms with Gasteiger partial charge in [-0.15, -0.1) is 0 Å². The van der Waals surface area contributed by atoms with Gasteiger partial charge in [0.05, 0.1) is 0 Å². The van der Waals surface area contributed by atoms with Gasteiger partial charge in [0.1, 0.15) is 0 Å². The van der Waals surface area contributed by atoms with Crippen molar-refractivity contribution in [3.05, 3.63) is 35.4 Å². The van der Waals surface area contributed by atoms with Gasteiger partial charge in [-0.3, -0.25) is 9.69 Å². The van der Waals surface area contributed by atoms with Crippen molar-refractivity contribution in [1.29, 1.82) is 0 Å². The molecule has 0 radical (unpaired) electrons. The maximum absolute atomic E-state index is 11.9. The molecule has 0 aliphatic carbocycles. The number of hydrogen-bond donors (Lipinski definition) is 2. The van der Waals surface area contributed by atoms with Crippen LogP contribution in [0.4, 0.5) is 0 Å². The number of hydrogen-bond acceptors (Lipinski definition) is 3. The normalized spacial score (nSPS) is 17.9. The second-order valence-electron chi connectivity index (χ2n) is 6.12. The summed E-state index contributed by atoms with van der Waals surface area (Å²) in [7, 11) is 0. The first kappa shape index (κ1) is 17.0. The average molecular weight is 303 g/mol. The summed E-state index contributed by atoms with van der Waals surface area (Å²) in [6, 6.07) is 8.58. The fraction of sp³-hybridized carbons (Fsp3) is 0.611. The van der Waals surface area contributed by atoms with E-state index in [1.54, 1.807) is 0 Å². The quantitative estimate of drug-likeness (QED) is 0.773. The Morgan fingerprint density at radius 1 is 1.23 bits per heavy atom. The highest BCUT2D eigenvalue weighted by molar-refractivity contribution is 5.76. The van der Waals surface area contributed by atoms with Gasteiger partial charge in [0.25, 0.3) is 0 Å². The van der Waals surface area contributed by atoms with Crippen molar-refractivity contribution in [3.63, 3.8) is 0 Å². The molecule has 1 saturated heterocycles. The molecule has 0 bridgehead atoms. The zero-order valence-corrected chi connectivity index (χ0v) is 13.9. The Labute approximate surface area is 134 Å². The van der Waals surface area contributed by atoms with E-state index in [1.165, 1.54) is 11.1 Å². The molecule has 0 aromatic heterocycles. The number of carbonyl (C=O) groups is 1. The molecule has 1 atom stereocenters. The van der Waals surface area contributed by atoms with Gasteiger partial charge in [0.15, 0.2) is 0 Å². The number of carbonyl (C=O) groups excluding carboxylic acids is 1. The minimum atomic E-state index is 0.168. The van der Waals surface area contributed by atoms with E-state index >= 15 is 0 Å². The molecule has 0 saturated carbocycles. The van der Waals surface area contributed by atoms with E-state index in [4.69, 9.17) is 0 Å². The fourth-order valence-corrected chi connectivity index (χ4v) is 2.89. The highest BCUT2D eigenvalue weighted by Crippen LogP contribution is 2.12. The molecule has 4 nitrogen and oxygen atoms in total. The van der Waals surface area contributed by atoms with E-state index in [0.29, 0.717) is 18.9 Å². The molecule has 1 unspecified atom stereocenters. The molecule has 1 heterocycles. The highest BCUT2D eigenvalue weighted by atomic mass is 16.1. The van der Waals surface area contributed by atoms with E-state index in [2.05, 4.69) is 53.6 Å². The van der Waals surface area contributed by atoms with Crippen LogP contribution in [0.3, 0.4) is 0 Å². The summed E-state index contributed by atoms with van der Waals surface area (Å²) < 4.78 is 0. The van der Waals surface area contributed by atoms with Gasteiger partial charge in [-0.25, -0.2) is 0 Å². The maximum Gasteiger partial charge on any atom is 0.220 e. The molecule has 4 heteroatoms. The molecular formula is C18H29N3O. The third-order valence-electron chi connectivity index (χ3n) is 4.45. The van der Waals surface area contributed by atoms with Crippen LogP contribution in [0.15, 0.2) is 24.3 Å². The summed E-state index contributed by atoms with van der Waals surface area (Å²) in [6.07, 6.45) is 1.76. The second kappa shape index (κ2) is 8.91. The predicted molar refractivity (Wildman–Crippen MR) is 90.5 cm³/mol. The van der Waals surface area contributed by atoms with Gasteiger partial charge < -0.3 is 10.6 Å². The van der Waals surface area contributed by atoms with Crippen LogP contribution in [0.5, 0.6) is 0 Å². The summed E-state index contributed by atoms with van der Waals surface area (Å²) in [5.74, 6) is 0.678. The summed E-state index contributed by atoms with van der Waals surface area (Å²) in [5.41, 5.74) is 2.50. The third-order valence-corrected chi connectivity index (χ3v) is 4.45. The van der Waals surface area contributed by atoms with Crippen molar-refractivity contribution >= 4 is 5.91 Å². The Hall–Kier alpha value is -1.39. The molecule has 1 fully saturated rings. The van der Waals surface area contributed by atoms with Crippen molar-refractivity contribution in [2.45, 2.75) is 39.8 Å². The summed E-state index contributed by atoms with van der Waals surface area (Å²) in [6.45, 7) is 10.2. The Kier molecular flexibility index (Phi) is 6.87. The van der Waals surface area contributed by atoms with Gasteiger partial charge in [0, 0.05) is 19.5 Å². The zero-order valence-electron chi connectivity index (χ0n) is 13.9. The van der Waals surface area contributed by atoms with Gasteiger partial charge >= 0.3 is 0 Å². The van der Waals surface area contributed by atoms with Crippen LogP contribution in [0.25, 0.3) is 0 Å². The van der Waals surface area contributed by atoms with Crippen LogP contribution in [-0.2, 0) is 17.9 Å². The van der Waals surface area contributed by atoms with Crippen molar-refractivity contribution < 1.29 is 4.79 Å². The maximum atomic E-state index is 11.9. The van der Waals surface area contributed by atoms with Gasteiger partial charge in [-0.2, -0.15) is 0 Å². The number of benzene rings is 1. The Morgan fingerprint density at radius 3 is 2.50 bits per heavy atom. The van der Waals surface area contributed by atoms with E-state index in [1.807, 2.05) is 0 Å². The number of nitrogens with zero attached hydrogens (tertiary/aromatic N) is 1. The molecule has 2 rings (SSSR count). The van der Waals surface area contributed by atoms with Crippen molar-refractivity contribution in [3.8, 4) is 0 Å². The molecule has 2 N–H and O–H groups in total. The van der Waals surface area contributed by atoms with Crippen molar-refractivity contribution in [1.82, 2.24) is 15.5 Å². The van der Waals surface area contributed by atoms with E-state index < -0.39 is 0 Å². The van der Waals surface area contributed by atoms with E-state index in [9.17, 15) is 4.79 Å². The monoisotopic (exact) mass is 303 g/mol. The predicted octanol–water partition coefficient (Wildman–Crippen LogP) is 2.14. The Balaban J connectivity index is 1.74. The van der Waals surface area contributed by atoms with E-state index in [0.717, 1.165) is 39.1 Å². The molecule has 1 aromatic rings. The van der Waals surface area contributed by atoms with Crippen LogP contribution in [0, 0.1) is 5.92 Å². The molecular weight excluding hydrogens is 274 g/mol. The lowest BCUT2D eigenvalue weighted by Gasteiger charge is -2.18. The zero-order chi connectivity index (χ0) is 15.8. The Bertz CT molecular complexity index is 448. The first-order chi connectivity index (χ1) is 10.7. The summed E-state index contributed by atoms with van der Waals surface area (Å²) in [4.78, 5) is 14.3. The average Bonchev–Trinajstić information content (AvgIpc) is 3.04. The molecule has 1 aromatic carbocycles. The number of nitrogens with one attached hydrogen (secondary N) is 2. The molecule has 122 valence electrons. The minimum Gasteiger partial charge on any atom is -0.352 e. The lowest BCUT2D eigenvalue weighted by molar-refractivity contribution is -0.122. The first-order valence-electron chi connectivity index (χ1n) is 8.48. The van der Waals surface area contributed by atoms with Crippen LogP contribution in [0.2, 0.25) is 0 Å². The molecule has 1 amide bonds. The SMILES string of the molecule is CCN(CC)Cc1ccc(CNC(=O)CC2CCNC2)cc1. The lowest BCUT2D eigenvalue weighted by atomic mass is 10.0. The second-order valence-corrected chi connectivity index (χ2v) is 6.12. The molecule has 1 aliphatic rings. The van der Waals surface area contributed by atoms with Crippen molar-refractivity contribution in [2.24, 2.45) is 5.92 Å².